The second-order valence-corrected chi connectivity index (χ2v) is 12.4. The standard InChI is InChI=1S/C28H32N2O5S2/c1-19(2)30(18-20-10-6-4-7-11-20)37(33,34)22-16-14-21(15-17-22)26(31)29-27-25(28(32)35-3)23-12-8-5-9-13-24(23)36-27/h4,6-7,10-11,14-17,19H,5,8-9,12-13,18H2,1-3H3,(H,29,31). The summed E-state index contributed by atoms with van der Waals surface area (Å²) >= 11 is 1.42. The molecule has 1 aliphatic rings. The van der Waals surface area contributed by atoms with Crippen LogP contribution in [0.25, 0.3) is 0 Å². The summed E-state index contributed by atoms with van der Waals surface area (Å²) in [6.45, 7) is 3.93. The highest BCUT2D eigenvalue weighted by Crippen LogP contribution is 2.38. The fourth-order valence-corrected chi connectivity index (χ4v) is 7.44. The summed E-state index contributed by atoms with van der Waals surface area (Å²) in [5.41, 5.74) is 2.60. The van der Waals surface area contributed by atoms with Gasteiger partial charge in [-0.3, -0.25) is 4.79 Å². The van der Waals surface area contributed by atoms with Crippen molar-refractivity contribution in [2.24, 2.45) is 0 Å². The number of fused-ring (bicyclic) bond motifs is 1. The predicted octanol–water partition coefficient (Wildman–Crippen LogP) is 5.66. The Morgan fingerprint density at radius 3 is 2.32 bits per heavy atom. The number of thiophene rings is 1. The number of ether oxygens (including phenoxy) is 1. The Hall–Kier alpha value is -3.01. The van der Waals surface area contributed by atoms with Crippen molar-refractivity contribution in [2.75, 3.05) is 12.4 Å². The average molecular weight is 541 g/mol. The number of rotatable bonds is 8. The van der Waals surface area contributed by atoms with Crippen molar-refractivity contribution in [3.8, 4) is 0 Å². The van der Waals surface area contributed by atoms with Crippen molar-refractivity contribution in [3.05, 3.63) is 81.7 Å². The van der Waals surface area contributed by atoms with E-state index in [4.69, 9.17) is 4.74 Å². The van der Waals surface area contributed by atoms with Gasteiger partial charge in [-0.1, -0.05) is 36.8 Å². The fourth-order valence-electron chi connectivity index (χ4n) is 4.55. The Morgan fingerprint density at radius 2 is 1.68 bits per heavy atom. The maximum absolute atomic E-state index is 13.4. The topological polar surface area (TPSA) is 92.8 Å². The number of nitrogens with one attached hydrogen (secondary N) is 1. The third kappa shape index (κ3) is 5.95. The van der Waals surface area contributed by atoms with Crippen molar-refractivity contribution in [3.63, 3.8) is 0 Å². The molecule has 0 atom stereocenters. The van der Waals surface area contributed by atoms with E-state index in [2.05, 4.69) is 5.32 Å². The smallest absolute Gasteiger partial charge is 0.341 e. The van der Waals surface area contributed by atoms with Crippen molar-refractivity contribution >= 4 is 38.2 Å². The van der Waals surface area contributed by atoms with Gasteiger partial charge in [0.2, 0.25) is 10.0 Å². The molecule has 0 unspecified atom stereocenters. The molecule has 2 aromatic carbocycles. The second-order valence-electron chi connectivity index (χ2n) is 9.37. The number of aryl methyl sites for hydroxylation is 1. The minimum atomic E-state index is -3.78. The van der Waals surface area contributed by atoms with E-state index in [-0.39, 0.29) is 17.5 Å². The van der Waals surface area contributed by atoms with E-state index in [0.29, 0.717) is 16.1 Å². The van der Waals surface area contributed by atoms with Gasteiger partial charge in [0, 0.05) is 23.0 Å². The third-order valence-corrected chi connectivity index (χ3v) is 9.76. The summed E-state index contributed by atoms with van der Waals surface area (Å²) in [6, 6.07) is 15.1. The van der Waals surface area contributed by atoms with Gasteiger partial charge >= 0.3 is 5.97 Å². The monoisotopic (exact) mass is 540 g/mol. The number of benzene rings is 2. The van der Waals surface area contributed by atoms with E-state index in [9.17, 15) is 18.0 Å². The zero-order chi connectivity index (χ0) is 26.6. The maximum atomic E-state index is 13.4. The van der Waals surface area contributed by atoms with E-state index in [0.717, 1.165) is 48.1 Å². The Labute approximate surface area is 222 Å². The van der Waals surface area contributed by atoms with Crippen molar-refractivity contribution in [2.45, 2.75) is 63.4 Å². The first-order chi connectivity index (χ1) is 17.7. The zero-order valence-electron chi connectivity index (χ0n) is 21.3. The first-order valence-electron chi connectivity index (χ1n) is 12.4. The summed E-state index contributed by atoms with van der Waals surface area (Å²) in [4.78, 5) is 26.9. The van der Waals surface area contributed by atoms with Crippen LogP contribution >= 0.6 is 11.3 Å². The van der Waals surface area contributed by atoms with Gasteiger partial charge in [0.15, 0.2) is 0 Å². The Kier molecular flexibility index (Phi) is 8.46. The highest BCUT2D eigenvalue weighted by Gasteiger charge is 2.29. The molecule has 0 saturated carbocycles. The molecule has 0 fully saturated rings. The van der Waals surface area contributed by atoms with Gasteiger partial charge in [-0.2, -0.15) is 4.31 Å². The van der Waals surface area contributed by atoms with Gasteiger partial charge in [0.05, 0.1) is 17.6 Å². The quantitative estimate of drug-likeness (QED) is 0.294. The first kappa shape index (κ1) is 27.0. The molecule has 37 heavy (non-hydrogen) atoms. The lowest BCUT2D eigenvalue weighted by Crippen LogP contribution is -2.36. The number of methoxy groups -OCH3 is 1. The van der Waals surface area contributed by atoms with E-state index in [1.807, 2.05) is 44.2 Å². The van der Waals surface area contributed by atoms with Gasteiger partial charge in [0.25, 0.3) is 5.91 Å². The van der Waals surface area contributed by atoms with Crippen LogP contribution in [0, 0.1) is 0 Å². The number of nitrogens with zero attached hydrogens (tertiary/aromatic N) is 1. The summed E-state index contributed by atoms with van der Waals surface area (Å²) < 4.78 is 33.3. The summed E-state index contributed by atoms with van der Waals surface area (Å²) in [5, 5.41) is 3.35. The average Bonchev–Trinajstić information content (AvgIpc) is 3.06. The second kappa shape index (κ2) is 11.6. The van der Waals surface area contributed by atoms with E-state index in [1.54, 1.807) is 0 Å². The zero-order valence-corrected chi connectivity index (χ0v) is 23.0. The number of amides is 1. The highest BCUT2D eigenvalue weighted by molar-refractivity contribution is 7.89. The van der Waals surface area contributed by atoms with Crippen LogP contribution in [0.15, 0.2) is 59.5 Å². The molecular formula is C28H32N2O5S2. The number of anilines is 1. The number of carbonyl (C=O) groups excluding carboxylic acids is 2. The molecule has 4 rings (SSSR count). The van der Waals surface area contributed by atoms with Crippen LogP contribution in [0.3, 0.4) is 0 Å². The molecule has 196 valence electrons. The SMILES string of the molecule is COC(=O)c1c(NC(=O)c2ccc(S(=O)(=O)N(Cc3ccccc3)C(C)C)cc2)sc2c1CCCCC2. The third-order valence-electron chi connectivity index (χ3n) is 6.52. The number of sulfonamides is 1. The first-order valence-corrected chi connectivity index (χ1v) is 14.7. The molecule has 0 aliphatic heterocycles. The van der Waals surface area contributed by atoms with Gasteiger partial charge in [-0.05, 0) is 74.9 Å². The molecule has 0 spiro atoms. The molecule has 1 amide bonds. The van der Waals surface area contributed by atoms with E-state index >= 15 is 0 Å². The minimum Gasteiger partial charge on any atom is -0.465 e. The molecule has 3 aromatic rings. The fraction of sp³-hybridized carbons (Fsp3) is 0.357. The number of esters is 1. The Morgan fingerprint density at radius 1 is 1.00 bits per heavy atom. The van der Waals surface area contributed by atoms with Gasteiger partial charge < -0.3 is 10.1 Å². The summed E-state index contributed by atoms with van der Waals surface area (Å²) in [7, 11) is -2.44. The normalized spacial score (nSPS) is 13.8. The molecule has 0 bridgehead atoms. The lowest BCUT2D eigenvalue weighted by atomic mass is 10.1. The van der Waals surface area contributed by atoms with Crippen molar-refractivity contribution < 1.29 is 22.7 Å². The van der Waals surface area contributed by atoms with Crippen LogP contribution in [-0.4, -0.2) is 37.8 Å². The van der Waals surface area contributed by atoms with Crippen LogP contribution in [0.2, 0.25) is 0 Å². The van der Waals surface area contributed by atoms with Crippen LogP contribution in [0.5, 0.6) is 0 Å². The van der Waals surface area contributed by atoms with Crippen molar-refractivity contribution in [1.82, 2.24) is 4.31 Å². The molecule has 7 nitrogen and oxygen atoms in total. The predicted molar refractivity (Wildman–Crippen MR) is 146 cm³/mol. The lowest BCUT2D eigenvalue weighted by molar-refractivity contribution is 0.0601. The van der Waals surface area contributed by atoms with Gasteiger partial charge in [-0.15, -0.1) is 11.3 Å². The van der Waals surface area contributed by atoms with Crippen LogP contribution in [0.4, 0.5) is 5.00 Å². The Balaban J connectivity index is 1.56. The number of carbonyl (C=O) groups is 2. The number of hydrogen-bond acceptors (Lipinski definition) is 6. The molecule has 0 saturated heterocycles. The summed E-state index contributed by atoms with van der Waals surface area (Å²) in [5.74, 6) is -0.862. The van der Waals surface area contributed by atoms with Crippen LogP contribution in [0.1, 0.15) is 69.8 Å². The molecule has 1 N–H and O–H groups in total. The van der Waals surface area contributed by atoms with Gasteiger partial charge in [-0.25, -0.2) is 13.2 Å². The maximum Gasteiger partial charge on any atom is 0.341 e. The molecule has 9 heteroatoms. The Bertz CT molecular complexity index is 1360. The minimum absolute atomic E-state index is 0.117. The van der Waals surface area contributed by atoms with Crippen molar-refractivity contribution in [1.29, 1.82) is 0 Å². The molecule has 1 aromatic heterocycles. The van der Waals surface area contributed by atoms with Crippen LogP contribution in [-0.2, 0) is 34.1 Å². The highest BCUT2D eigenvalue weighted by atomic mass is 32.2. The van der Waals surface area contributed by atoms with E-state index in [1.165, 1.54) is 47.0 Å². The molecule has 0 radical (unpaired) electrons. The molecule has 1 heterocycles. The summed E-state index contributed by atoms with van der Waals surface area (Å²) in [6.07, 6.45) is 4.82. The molecule has 1 aliphatic carbocycles. The number of hydrogen-bond donors (Lipinski definition) is 1. The van der Waals surface area contributed by atoms with E-state index < -0.39 is 21.9 Å². The molecular weight excluding hydrogens is 508 g/mol. The lowest BCUT2D eigenvalue weighted by Gasteiger charge is -2.26. The van der Waals surface area contributed by atoms with Gasteiger partial charge in [0.1, 0.15) is 5.00 Å². The van der Waals surface area contributed by atoms with Crippen LogP contribution < -0.4 is 5.32 Å². The largest absolute Gasteiger partial charge is 0.465 e.